The Kier molecular flexibility index (Phi) is 4.53. The van der Waals surface area contributed by atoms with Gasteiger partial charge in [-0.2, -0.15) is 0 Å². The van der Waals surface area contributed by atoms with E-state index < -0.39 is 0 Å². The average molecular weight is 273 g/mol. The predicted molar refractivity (Wildman–Crippen MR) is 70.4 cm³/mol. The Morgan fingerprint density at radius 3 is 2.78 bits per heavy atom. The maximum Gasteiger partial charge on any atom is 0.165 e. The van der Waals surface area contributed by atoms with Crippen molar-refractivity contribution in [3.8, 4) is 0 Å². The van der Waals surface area contributed by atoms with Crippen molar-refractivity contribution in [1.82, 2.24) is 25.1 Å². The third-order valence-corrected chi connectivity index (χ3v) is 3.82. The van der Waals surface area contributed by atoms with E-state index >= 15 is 0 Å². The molecule has 1 aromatic heterocycles. The third kappa shape index (κ3) is 2.81. The smallest absolute Gasteiger partial charge is 0.165 e. The number of tetrazole rings is 1. The van der Waals surface area contributed by atoms with Crippen LogP contribution in [-0.4, -0.2) is 44.2 Å². The summed E-state index contributed by atoms with van der Waals surface area (Å²) < 4.78 is 2.00. The molecule has 1 unspecified atom stereocenters. The molecule has 6 nitrogen and oxygen atoms in total. The van der Waals surface area contributed by atoms with Crippen LogP contribution in [0.5, 0.6) is 0 Å². The number of halogens is 1. The van der Waals surface area contributed by atoms with Gasteiger partial charge in [-0.3, -0.25) is 4.90 Å². The van der Waals surface area contributed by atoms with Crippen LogP contribution in [0.4, 0.5) is 0 Å². The van der Waals surface area contributed by atoms with Gasteiger partial charge >= 0.3 is 0 Å². The fourth-order valence-electron chi connectivity index (χ4n) is 2.64. The number of rotatable bonds is 4. The monoisotopic (exact) mass is 272 g/mol. The van der Waals surface area contributed by atoms with Crippen molar-refractivity contribution >= 4 is 12.4 Å². The van der Waals surface area contributed by atoms with Crippen molar-refractivity contribution in [2.75, 3.05) is 13.1 Å². The zero-order valence-electron chi connectivity index (χ0n) is 10.5. The van der Waals surface area contributed by atoms with Gasteiger partial charge in [-0.1, -0.05) is 6.42 Å². The van der Waals surface area contributed by atoms with E-state index in [4.69, 9.17) is 5.73 Å². The van der Waals surface area contributed by atoms with Crippen LogP contribution >= 0.6 is 12.4 Å². The van der Waals surface area contributed by atoms with Crippen molar-refractivity contribution in [1.29, 1.82) is 0 Å². The van der Waals surface area contributed by atoms with E-state index in [1.807, 2.05) is 4.68 Å². The molecule has 1 saturated heterocycles. The topological polar surface area (TPSA) is 72.9 Å². The lowest BCUT2D eigenvalue weighted by molar-refractivity contribution is 0.139. The van der Waals surface area contributed by atoms with Crippen LogP contribution in [0.1, 0.15) is 44.0 Å². The van der Waals surface area contributed by atoms with Gasteiger partial charge in [0.05, 0.1) is 12.6 Å². The first-order valence-corrected chi connectivity index (χ1v) is 6.59. The summed E-state index contributed by atoms with van der Waals surface area (Å²) in [6.45, 7) is 2.72. The van der Waals surface area contributed by atoms with Crippen LogP contribution in [0.25, 0.3) is 0 Å². The van der Waals surface area contributed by atoms with Crippen molar-refractivity contribution < 1.29 is 0 Å². The van der Waals surface area contributed by atoms with Gasteiger partial charge in [0.25, 0.3) is 0 Å². The van der Waals surface area contributed by atoms with Crippen LogP contribution in [0.15, 0.2) is 0 Å². The Morgan fingerprint density at radius 1 is 1.22 bits per heavy atom. The second-order valence-electron chi connectivity index (χ2n) is 5.13. The molecule has 18 heavy (non-hydrogen) atoms. The van der Waals surface area contributed by atoms with E-state index in [2.05, 4.69) is 20.4 Å². The molecule has 1 aliphatic carbocycles. The first kappa shape index (κ1) is 13.7. The lowest BCUT2D eigenvalue weighted by Crippen LogP contribution is -2.43. The van der Waals surface area contributed by atoms with E-state index in [1.54, 1.807) is 0 Å². The molecule has 1 aromatic rings. The molecule has 0 spiro atoms. The molecule has 2 heterocycles. The molecule has 2 aliphatic rings. The molecule has 0 amide bonds. The standard InChI is InChI=1S/C11H20N6.ClH/c12-7-10-3-1-2-6-16(10)8-11-13-14-15-17(11)9-4-5-9;/h9-10H,1-8,12H2;1H. The van der Waals surface area contributed by atoms with E-state index in [0.717, 1.165) is 25.5 Å². The second-order valence-corrected chi connectivity index (χ2v) is 5.13. The zero-order valence-corrected chi connectivity index (χ0v) is 11.3. The minimum absolute atomic E-state index is 0. The van der Waals surface area contributed by atoms with Gasteiger partial charge in [-0.15, -0.1) is 17.5 Å². The molecule has 0 aromatic carbocycles. The molecular formula is C11H21ClN6. The SMILES string of the molecule is Cl.NCC1CCCCN1Cc1nnnn1C1CC1. The third-order valence-electron chi connectivity index (χ3n) is 3.82. The summed E-state index contributed by atoms with van der Waals surface area (Å²) in [4.78, 5) is 2.44. The van der Waals surface area contributed by atoms with Gasteiger partial charge in [0.15, 0.2) is 5.82 Å². The van der Waals surface area contributed by atoms with Gasteiger partial charge in [-0.05, 0) is 42.7 Å². The summed E-state index contributed by atoms with van der Waals surface area (Å²) in [6.07, 6.45) is 6.21. The quantitative estimate of drug-likeness (QED) is 0.875. The normalized spacial score (nSPS) is 24.8. The Labute approximate surface area is 113 Å². The fraction of sp³-hybridized carbons (Fsp3) is 0.909. The van der Waals surface area contributed by atoms with Gasteiger partial charge in [0.2, 0.25) is 0 Å². The minimum atomic E-state index is 0. The molecule has 1 atom stereocenters. The molecule has 7 heteroatoms. The molecular weight excluding hydrogens is 252 g/mol. The van der Waals surface area contributed by atoms with E-state index in [-0.39, 0.29) is 12.4 Å². The Morgan fingerprint density at radius 2 is 2.06 bits per heavy atom. The molecule has 2 N–H and O–H groups in total. The number of likely N-dealkylation sites (tertiary alicyclic amines) is 1. The minimum Gasteiger partial charge on any atom is -0.329 e. The highest BCUT2D eigenvalue weighted by molar-refractivity contribution is 5.85. The summed E-state index contributed by atoms with van der Waals surface area (Å²) >= 11 is 0. The van der Waals surface area contributed by atoms with Gasteiger partial charge < -0.3 is 5.73 Å². The van der Waals surface area contributed by atoms with Gasteiger partial charge in [0, 0.05) is 12.6 Å². The Bertz CT molecular complexity index is 377. The first-order chi connectivity index (χ1) is 8.38. The molecule has 0 bridgehead atoms. The molecule has 0 radical (unpaired) electrons. The summed E-state index contributed by atoms with van der Waals surface area (Å²) in [6, 6.07) is 1.06. The molecule has 102 valence electrons. The van der Waals surface area contributed by atoms with Gasteiger partial charge in [-0.25, -0.2) is 4.68 Å². The highest BCUT2D eigenvalue weighted by atomic mass is 35.5. The van der Waals surface area contributed by atoms with Crippen LogP contribution in [0, 0.1) is 0 Å². The van der Waals surface area contributed by atoms with Crippen LogP contribution < -0.4 is 5.73 Å². The number of aromatic nitrogens is 4. The van der Waals surface area contributed by atoms with Crippen LogP contribution in [0.3, 0.4) is 0 Å². The lowest BCUT2D eigenvalue weighted by Gasteiger charge is -2.34. The van der Waals surface area contributed by atoms with Crippen molar-refractivity contribution in [2.24, 2.45) is 5.73 Å². The highest BCUT2D eigenvalue weighted by Gasteiger charge is 2.29. The van der Waals surface area contributed by atoms with Gasteiger partial charge in [0.1, 0.15) is 0 Å². The summed E-state index contributed by atoms with van der Waals surface area (Å²) in [5.41, 5.74) is 5.83. The largest absolute Gasteiger partial charge is 0.329 e. The fourth-order valence-corrected chi connectivity index (χ4v) is 2.64. The molecule has 1 saturated carbocycles. The van der Waals surface area contributed by atoms with Crippen molar-refractivity contribution in [2.45, 2.75) is 50.7 Å². The zero-order chi connectivity index (χ0) is 11.7. The molecule has 3 rings (SSSR count). The maximum atomic E-state index is 5.83. The van der Waals surface area contributed by atoms with Crippen LogP contribution in [-0.2, 0) is 6.54 Å². The number of hydrogen-bond acceptors (Lipinski definition) is 5. The highest BCUT2D eigenvalue weighted by Crippen LogP contribution is 2.34. The predicted octanol–water partition coefficient (Wildman–Crippen LogP) is 0.743. The lowest BCUT2D eigenvalue weighted by atomic mass is 10.0. The van der Waals surface area contributed by atoms with E-state index in [0.29, 0.717) is 12.1 Å². The first-order valence-electron chi connectivity index (χ1n) is 6.59. The molecule has 2 fully saturated rings. The summed E-state index contributed by atoms with van der Waals surface area (Å²) in [5.74, 6) is 1.01. The van der Waals surface area contributed by atoms with Crippen molar-refractivity contribution in [3.05, 3.63) is 5.82 Å². The number of piperidine rings is 1. The van der Waals surface area contributed by atoms with Crippen molar-refractivity contribution in [3.63, 3.8) is 0 Å². The number of nitrogens with zero attached hydrogens (tertiary/aromatic N) is 5. The Balaban J connectivity index is 0.00000120. The average Bonchev–Trinajstić information content (AvgIpc) is 3.11. The second kappa shape index (κ2) is 5.95. The summed E-state index contributed by atoms with van der Waals surface area (Å²) in [5, 5.41) is 12.1. The van der Waals surface area contributed by atoms with E-state index in [1.165, 1.54) is 32.1 Å². The number of hydrogen-bond donors (Lipinski definition) is 1. The molecule has 1 aliphatic heterocycles. The Hall–Kier alpha value is -0.720. The maximum absolute atomic E-state index is 5.83. The summed E-state index contributed by atoms with van der Waals surface area (Å²) in [7, 11) is 0. The number of nitrogens with two attached hydrogens (primary N) is 1. The van der Waals surface area contributed by atoms with E-state index in [9.17, 15) is 0 Å². The van der Waals surface area contributed by atoms with Crippen LogP contribution in [0.2, 0.25) is 0 Å².